The van der Waals surface area contributed by atoms with E-state index in [1.807, 2.05) is 32.9 Å². The van der Waals surface area contributed by atoms with Crippen LogP contribution in [-0.4, -0.2) is 11.9 Å². The summed E-state index contributed by atoms with van der Waals surface area (Å²) in [7, 11) is 0. The smallest absolute Gasteiger partial charge is 0.240 e. The van der Waals surface area contributed by atoms with Crippen LogP contribution in [0.2, 0.25) is 0 Å². The molecule has 0 aromatic carbocycles. The first kappa shape index (κ1) is 15.3. The van der Waals surface area contributed by atoms with Crippen LogP contribution in [0.3, 0.4) is 0 Å². The van der Waals surface area contributed by atoms with Crippen LogP contribution >= 0.6 is 0 Å². The molecule has 0 aliphatic heterocycles. The Labute approximate surface area is 114 Å². The van der Waals surface area contributed by atoms with E-state index in [9.17, 15) is 10.1 Å². The van der Waals surface area contributed by atoms with Gasteiger partial charge in [-0.25, -0.2) is 0 Å². The highest BCUT2D eigenvalue weighted by atomic mass is 16.3. The largest absolute Gasteiger partial charge is 0.469 e. The highest BCUT2D eigenvalue weighted by Crippen LogP contribution is 2.25. The van der Waals surface area contributed by atoms with Crippen LogP contribution in [-0.2, 0) is 11.2 Å². The summed E-state index contributed by atoms with van der Waals surface area (Å²) in [5.41, 5.74) is -0.890. The molecule has 104 valence electrons. The highest BCUT2D eigenvalue weighted by molar-refractivity contribution is 5.85. The van der Waals surface area contributed by atoms with Crippen LogP contribution in [0.15, 0.2) is 22.8 Å². The van der Waals surface area contributed by atoms with Crippen LogP contribution in [0.5, 0.6) is 0 Å². The van der Waals surface area contributed by atoms with Crippen molar-refractivity contribution < 1.29 is 9.21 Å². The molecule has 0 saturated heterocycles. The fourth-order valence-corrected chi connectivity index (χ4v) is 2.03. The van der Waals surface area contributed by atoms with Crippen molar-refractivity contribution in [3.63, 3.8) is 0 Å². The Hall–Kier alpha value is -1.76. The number of aryl methyl sites for hydroxylation is 1. The number of nitrogens with one attached hydrogen (secondary N) is 1. The maximum atomic E-state index is 12.2. The van der Waals surface area contributed by atoms with Crippen molar-refractivity contribution in [3.05, 3.63) is 24.2 Å². The molecule has 0 bridgehead atoms. The number of carbonyl (C=O) groups is 1. The van der Waals surface area contributed by atoms with E-state index < -0.39 is 5.41 Å². The summed E-state index contributed by atoms with van der Waals surface area (Å²) in [6, 6.07) is 5.97. The van der Waals surface area contributed by atoms with E-state index in [1.54, 1.807) is 6.26 Å². The first-order valence-corrected chi connectivity index (χ1v) is 6.82. The summed E-state index contributed by atoms with van der Waals surface area (Å²) < 4.78 is 5.25. The van der Waals surface area contributed by atoms with E-state index in [4.69, 9.17) is 4.42 Å². The highest BCUT2D eigenvalue weighted by Gasteiger charge is 2.35. The van der Waals surface area contributed by atoms with Gasteiger partial charge in [0.05, 0.1) is 12.3 Å². The summed E-state index contributed by atoms with van der Waals surface area (Å²) in [5.74, 6) is 0.755. The minimum Gasteiger partial charge on any atom is -0.469 e. The number of rotatable bonds is 7. The van der Waals surface area contributed by atoms with Crippen molar-refractivity contribution >= 4 is 5.91 Å². The van der Waals surface area contributed by atoms with Crippen molar-refractivity contribution in [1.29, 1.82) is 5.26 Å². The number of hydrogen-bond acceptors (Lipinski definition) is 3. The lowest BCUT2D eigenvalue weighted by Gasteiger charge is -2.24. The van der Waals surface area contributed by atoms with Gasteiger partial charge in [-0.3, -0.25) is 4.79 Å². The molecule has 1 aromatic heterocycles. The minimum atomic E-state index is -0.890. The van der Waals surface area contributed by atoms with Crippen LogP contribution in [0, 0.1) is 16.7 Å². The summed E-state index contributed by atoms with van der Waals surface area (Å²) >= 11 is 0. The van der Waals surface area contributed by atoms with Gasteiger partial charge < -0.3 is 9.73 Å². The van der Waals surface area contributed by atoms with Gasteiger partial charge in [0.15, 0.2) is 0 Å². The first-order valence-electron chi connectivity index (χ1n) is 6.82. The van der Waals surface area contributed by atoms with Crippen LogP contribution in [0.4, 0.5) is 0 Å². The monoisotopic (exact) mass is 262 g/mol. The zero-order valence-electron chi connectivity index (χ0n) is 11.9. The SMILES string of the molecule is CCC(C#N)(CC)C(=O)NC(C)CCc1ccco1. The standard InChI is InChI=1S/C15H22N2O2/c1-4-15(5-2,11-16)14(18)17-12(3)8-9-13-7-6-10-19-13/h6-7,10,12H,4-5,8-9H2,1-3H3,(H,17,18). The Balaban J connectivity index is 2.49. The zero-order valence-corrected chi connectivity index (χ0v) is 11.9. The van der Waals surface area contributed by atoms with Gasteiger partial charge in [-0.1, -0.05) is 13.8 Å². The molecule has 1 atom stereocenters. The maximum absolute atomic E-state index is 12.2. The van der Waals surface area contributed by atoms with Gasteiger partial charge in [0.1, 0.15) is 11.2 Å². The molecule has 4 heteroatoms. The number of furan rings is 1. The molecule has 0 radical (unpaired) electrons. The molecule has 0 saturated carbocycles. The topological polar surface area (TPSA) is 66.0 Å². The number of nitriles is 1. The minimum absolute atomic E-state index is 0.0309. The molecule has 1 rings (SSSR count). The molecule has 1 amide bonds. The second-order valence-corrected chi connectivity index (χ2v) is 4.89. The number of hydrogen-bond donors (Lipinski definition) is 1. The molecule has 0 fully saturated rings. The second-order valence-electron chi connectivity index (χ2n) is 4.89. The Bertz CT molecular complexity index is 427. The summed E-state index contributed by atoms with van der Waals surface area (Å²) in [5, 5.41) is 12.1. The summed E-state index contributed by atoms with van der Waals surface area (Å²) in [4.78, 5) is 12.2. The number of carbonyl (C=O) groups excluding carboxylic acids is 1. The summed E-state index contributed by atoms with van der Waals surface area (Å²) in [6.45, 7) is 5.70. The molecule has 1 heterocycles. The van der Waals surface area contributed by atoms with Gasteiger partial charge >= 0.3 is 0 Å². The van der Waals surface area contributed by atoms with Crippen molar-refractivity contribution in [1.82, 2.24) is 5.32 Å². The van der Waals surface area contributed by atoms with E-state index >= 15 is 0 Å². The third-order valence-corrected chi connectivity index (χ3v) is 3.64. The molecule has 1 unspecified atom stereocenters. The third kappa shape index (κ3) is 3.85. The average molecular weight is 262 g/mol. The molecule has 0 aliphatic rings. The summed E-state index contributed by atoms with van der Waals surface area (Å²) in [6.07, 6.45) is 4.31. The predicted molar refractivity (Wildman–Crippen MR) is 73.3 cm³/mol. The molecule has 1 N–H and O–H groups in total. The number of nitrogens with zero attached hydrogens (tertiary/aromatic N) is 1. The maximum Gasteiger partial charge on any atom is 0.240 e. The molecule has 1 aromatic rings. The normalized spacial score (nSPS) is 12.7. The van der Waals surface area contributed by atoms with Crippen LogP contribution in [0.25, 0.3) is 0 Å². The average Bonchev–Trinajstić information content (AvgIpc) is 2.92. The lowest BCUT2D eigenvalue weighted by Crippen LogP contribution is -2.43. The van der Waals surface area contributed by atoms with Gasteiger partial charge in [0, 0.05) is 12.5 Å². The zero-order chi connectivity index (χ0) is 14.3. The second kappa shape index (κ2) is 6.98. The Morgan fingerprint density at radius 3 is 2.68 bits per heavy atom. The molecule has 0 aliphatic carbocycles. The lowest BCUT2D eigenvalue weighted by atomic mass is 9.83. The Morgan fingerprint density at radius 1 is 1.53 bits per heavy atom. The first-order chi connectivity index (χ1) is 9.07. The van der Waals surface area contributed by atoms with Crippen molar-refractivity contribution in [2.24, 2.45) is 5.41 Å². The molecule has 19 heavy (non-hydrogen) atoms. The van der Waals surface area contributed by atoms with Crippen molar-refractivity contribution in [2.75, 3.05) is 0 Å². The van der Waals surface area contributed by atoms with Gasteiger partial charge in [-0.05, 0) is 38.3 Å². The molecular weight excluding hydrogens is 240 g/mol. The van der Waals surface area contributed by atoms with Gasteiger partial charge in [0.2, 0.25) is 5.91 Å². The van der Waals surface area contributed by atoms with E-state index in [0.717, 1.165) is 18.6 Å². The Morgan fingerprint density at radius 2 is 2.21 bits per heavy atom. The van der Waals surface area contributed by atoms with Crippen molar-refractivity contribution in [3.8, 4) is 6.07 Å². The molecule has 4 nitrogen and oxygen atoms in total. The molecular formula is C15H22N2O2. The third-order valence-electron chi connectivity index (χ3n) is 3.64. The van der Waals surface area contributed by atoms with E-state index in [0.29, 0.717) is 12.8 Å². The van der Waals surface area contributed by atoms with Gasteiger partial charge in [-0.15, -0.1) is 0 Å². The van der Waals surface area contributed by atoms with Crippen LogP contribution < -0.4 is 5.32 Å². The van der Waals surface area contributed by atoms with Gasteiger partial charge in [0.25, 0.3) is 0 Å². The predicted octanol–water partition coefficient (Wildman–Crippen LogP) is 3.05. The number of amides is 1. The van der Waals surface area contributed by atoms with E-state index in [2.05, 4.69) is 11.4 Å². The van der Waals surface area contributed by atoms with Crippen molar-refractivity contribution in [2.45, 2.75) is 52.5 Å². The fourth-order valence-electron chi connectivity index (χ4n) is 2.03. The Kier molecular flexibility index (Phi) is 5.62. The fraction of sp³-hybridized carbons (Fsp3) is 0.600. The lowest BCUT2D eigenvalue weighted by molar-refractivity contribution is -0.129. The molecule has 0 spiro atoms. The van der Waals surface area contributed by atoms with E-state index in [-0.39, 0.29) is 11.9 Å². The van der Waals surface area contributed by atoms with Gasteiger partial charge in [-0.2, -0.15) is 5.26 Å². The quantitative estimate of drug-likeness (QED) is 0.821. The van der Waals surface area contributed by atoms with E-state index in [1.165, 1.54) is 0 Å². The van der Waals surface area contributed by atoms with Crippen LogP contribution in [0.1, 0.15) is 45.8 Å².